The lowest BCUT2D eigenvalue weighted by Gasteiger charge is -2.30. The molecule has 2 aliphatic rings. The van der Waals surface area contributed by atoms with E-state index in [1.54, 1.807) is 5.57 Å². The molecule has 0 aromatic heterocycles. The molecule has 1 nitrogen and oxygen atoms in total. The predicted molar refractivity (Wildman–Crippen MR) is 81.1 cm³/mol. The van der Waals surface area contributed by atoms with Crippen molar-refractivity contribution in [3.63, 3.8) is 0 Å². The molecule has 1 atom stereocenters. The van der Waals surface area contributed by atoms with Crippen LogP contribution in [0, 0.1) is 0 Å². The maximum atomic E-state index is 5.93. The van der Waals surface area contributed by atoms with Crippen LogP contribution in [-0.2, 0) is 4.74 Å². The summed E-state index contributed by atoms with van der Waals surface area (Å²) in [6, 6.07) is 0. The summed E-state index contributed by atoms with van der Waals surface area (Å²) in [5.41, 5.74) is 1.54. The standard InChI is InChI=1S/C16H28OS/c1-16(11-7-2-3-8-12-18-16)14-17-13-15-9-5-4-6-10-15/h13H,2-12,14H2,1H3. The number of allylic oxidation sites excluding steroid dienone is 1. The Balaban J connectivity index is 1.75. The average Bonchev–Trinajstić information content (AvgIpc) is 2.36. The highest BCUT2D eigenvalue weighted by atomic mass is 32.2. The smallest absolute Gasteiger partial charge is 0.102 e. The summed E-state index contributed by atoms with van der Waals surface area (Å²) in [5, 5.41) is 0. The summed E-state index contributed by atoms with van der Waals surface area (Å²) >= 11 is 2.13. The lowest BCUT2D eigenvalue weighted by Crippen LogP contribution is -2.27. The normalized spacial score (nSPS) is 30.4. The number of ether oxygens (including phenoxy) is 1. The first-order chi connectivity index (χ1) is 8.79. The molecular formula is C16H28OS. The zero-order valence-corrected chi connectivity index (χ0v) is 12.7. The topological polar surface area (TPSA) is 9.23 Å². The molecule has 2 heteroatoms. The number of hydrogen-bond acceptors (Lipinski definition) is 2. The van der Waals surface area contributed by atoms with Gasteiger partial charge in [0.15, 0.2) is 0 Å². The van der Waals surface area contributed by atoms with Gasteiger partial charge in [-0.2, -0.15) is 11.8 Å². The highest BCUT2D eigenvalue weighted by Crippen LogP contribution is 2.34. The molecule has 1 heterocycles. The van der Waals surface area contributed by atoms with E-state index in [1.165, 1.54) is 70.0 Å². The fraction of sp³-hybridized carbons (Fsp3) is 0.875. The van der Waals surface area contributed by atoms with E-state index in [2.05, 4.69) is 24.9 Å². The van der Waals surface area contributed by atoms with Crippen LogP contribution in [0.25, 0.3) is 0 Å². The lowest BCUT2D eigenvalue weighted by molar-refractivity contribution is 0.206. The third kappa shape index (κ3) is 4.87. The van der Waals surface area contributed by atoms with Crippen LogP contribution < -0.4 is 0 Å². The Labute approximate surface area is 117 Å². The molecule has 0 radical (unpaired) electrons. The first-order valence-corrected chi connectivity index (χ1v) is 8.71. The van der Waals surface area contributed by atoms with E-state index in [0.717, 1.165) is 6.61 Å². The molecule has 0 aromatic carbocycles. The third-order valence-electron chi connectivity index (χ3n) is 4.18. The van der Waals surface area contributed by atoms with Crippen LogP contribution >= 0.6 is 11.8 Å². The van der Waals surface area contributed by atoms with Gasteiger partial charge in [-0.15, -0.1) is 0 Å². The first-order valence-electron chi connectivity index (χ1n) is 7.72. The fourth-order valence-electron chi connectivity index (χ4n) is 2.92. The Bertz CT molecular complexity index is 256. The van der Waals surface area contributed by atoms with Gasteiger partial charge in [-0.05, 0) is 56.8 Å². The van der Waals surface area contributed by atoms with Gasteiger partial charge >= 0.3 is 0 Å². The van der Waals surface area contributed by atoms with Gasteiger partial charge in [0, 0.05) is 4.75 Å². The monoisotopic (exact) mass is 268 g/mol. The molecule has 1 aliphatic carbocycles. The van der Waals surface area contributed by atoms with Crippen molar-refractivity contribution in [2.45, 2.75) is 75.9 Å². The van der Waals surface area contributed by atoms with Crippen molar-refractivity contribution in [1.82, 2.24) is 0 Å². The van der Waals surface area contributed by atoms with Crippen LogP contribution in [0.4, 0.5) is 0 Å². The second-order valence-corrected chi connectivity index (χ2v) is 7.79. The SMILES string of the molecule is CC1(COC=C2CCCCC2)CCCCCCS1. The molecule has 1 saturated heterocycles. The Hall–Kier alpha value is -0.110. The van der Waals surface area contributed by atoms with Gasteiger partial charge < -0.3 is 4.74 Å². The molecule has 1 aliphatic heterocycles. The Morgan fingerprint density at radius 3 is 2.61 bits per heavy atom. The van der Waals surface area contributed by atoms with E-state index in [0.29, 0.717) is 4.75 Å². The van der Waals surface area contributed by atoms with Crippen LogP contribution in [0.15, 0.2) is 11.8 Å². The summed E-state index contributed by atoms with van der Waals surface area (Å²) in [5.74, 6) is 1.32. The minimum atomic E-state index is 0.353. The second kappa shape index (κ2) is 7.47. The highest BCUT2D eigenvalue weighted by Gasteiger charge is 2.26. The van der Waals surface area contributed by atoms with Crippen LogP contribution in [0.1, 0.15) is 71.1 Å². The molecule has 0 spiro atoms. The number of thioether (sulfide) groups is 1. The van der Waals surface area contributed by atoms with E-state index >= 15 is 0 Å². The minimum absolute atomic E-state index is 0.353. The van der Waals surface area contributed by atoms with Crippen LogP contribution in [-0.4, -0.2) is 17.1 Å². The van der Waals surface area contributed by atoms with E-state index < -0.39 is 0 Å². The molecule has 18 heavy (non-hydrogen) atoms. The van der Waals surface area contributed by atoms with Crippen molar-refractivity contribution >= 4 is 11.8 Å². The molecular weight excluding hydrogens is 240 g/mol. The van der Waals surface area contributed by atoms with Crippen molar-refractivity contribution in [2.24, 2.45) is 0 Å². The molecule has 1 saturated carbocycles. The van der Waals surface area contributed by atoms with E-state index in [1.807, 2.05) is 0 Å². The van der Waals surface area contributed by atoms with Crippen molar-refractivity contribution in [3.8, 4) is 0 Å². The molecule has 0 aromatic rings. The lowest BCUT2D eigenvalue weighted by atomic mass is 9.96. The molecule has 1 unspecified atom stereocenters. The zero-order chi connectivity index (χ0) is 12.7. The third-order valence-corrected chi connectivity index (χ3v) is 5.70. The summed E-state index contributed by atoms with van der Waals surface area (Å²) in [4.78, 5) is 0. The average molecular weight is 268 g/mol. The maximum Gasteiger partial charge on any atom is 0.102 e. The van der Waals surface area contributed by atoms with E-state index in [-0.39, 0.29) is 0 Å². The largest absolute Gasteiger partial charge is 0.500 e. The van der Waals surface area contributed by atoms with Gasteiger partial charge in [-0.1, -0.05) is 25.7 Å². The Morgan fingerprint density at radius 2 is 1.78 bits per heavy atom. The van der Waals surface area contributed by atoms with Gasteiger partial charge in [0.2, 0.25) is 0 Å². The van der Waals surface area contributed by atoms with Crippen LogP contribution in [0.5, 0.6) is 0 Å². The van der Waals surface area contributed by atoms with Crippen molar-refractivity contribution in [3.05, 3.63) is 11.8 Å². The second-order valence-electron chi connectivity index (χ2n) is 6.11. The molecule has 2 fully saturated rings. The number of rotatable bonds is 3. The van der Waals surface area contributed by atoms with Crippen molar-refractivity contribution < 1.29 is 4.74 Å². The number of hydrogen-bond donors (Lipinski definition) is 0. The molecule has 0 N–H and O–H groups in total. The van der Waals surface area contributed by atoms with E-state index in [9.17, 15) is 0 Å². The molecule has 104 valence electrons. The zero-order valence-electron chi connectivity index (χ0n) is 11.9. The summed E-state index contributed by atoms with van der Waals surface area (Å²) in [7, 11) is 0. The summed E-state index contributed by atoms with van der Waals surface area (Å²) < 4.78 is 6.28. The van der Waals surface area contributed by atoms with Gasteiger partial charge in [-0.3, -0.25) is 0 Å². The molecule has 0 amide bonds. The molecule has 0 bridgehead atoms. The Morgan fingerprint density at radius 1 is 1.06 bits per heavy atom. The first kappa shape index (κ1) is 14.3. The van der Waals surface area contributed by atoms with E-state index in [4.69, 9.17) is 4.74 Å². The Kier molecular flexibility index (Phi) is 5.94. The summed E-state index contributed by atoms with van der Waals surface area (Å²) in [6.07, 6.45) is 15.7. The van der Waals surface area contributed by atoms with Crippen molar-refractivity contribution in [2.75, 3.05) is 12.4 Å². The maximum absolute atomic E-state index is 5.93. The van der Waals surface area contributed by atoms with Crippen molar-refractivity contribution in [1.29, 1.82) is 0 Å². The highest BCUT2D eigenvalue weighted by molar-refractivity contribution is 8.00. The fourth-order valence-corrected chi connectivity index (χ4v) is 4.20. The molecule has 2 rings (SSSR count). The van der Waals surface area contributed by atoms with Gasteiger partial charge in [0.25, 0.3) is 0 Å². The van der Waals surface area contributed by atoms with Gasteiger partial charge in [0.05, 0.1) is 6.26 Å². The van der Waals surface area contributed by atoms with Crippen LogP contribution in [0.3, 0.4) is 0 Å². The van der Waals surface area contributed by atoms with Crippen LogP contribution in [0.2, 0.25) is 0 Å². The van der Waals surface area contributed by atoms with Gasteiger partial charge in [-0.25, -0.2) is 0 Å². The predicted octanol–water partition coefficient (Wildman–Crippen LogP) is 5.31. The quantitative estimate of drug-likeness (QED) is 0.642. The minimum Gasteiger partial charge on any atom is -0.500 e. The summed E-state index contributed by atoms with van der Waals surface area (Å²) in [6.45, 7) is 3.30. The van der Waals surface area contributed by atoms with Gasteiger partial charge in [0.1, 0.15) is 6.61 Å².